The van der Waals surface area contributed by atoms with Gasteiger partial charge < -0.3 is 0 Å². The van der Waals surface area contributed by atoms with E-state index in [0.717, 1.165) is 0 Å². The molecule has 7 heteroatoms. The highest BCUT2D eigenvalue weighted by molar-refractivity contribution is 7.89. The van der Waals surface area contributed by atoms with Gasteiger partial charge in [0, 0.05) is 12.7 Å². The van der Waals surface area contributed by atoms with Gasteiger partial charge in [0.1, 0.15) is 10.7 Å². The Balaban J connectivity index is 2.08. The van der Waals surface area contributed by atoms with Crippen LogP contribution in [0.4, 0.5) is 4.39 Å². The van der Waals surface area contributed by atoms with Gasteiger partial charge in [-0.3, -0.25) is 5.10 Å². The summed E-state index contributed by atoms with van der Waals surface area (Å²) in [6.07, 6.45) is 2.47. The number of H-pyrrole nitrogens is 1. The monoisotopic (exact) mass is 255 g/mol. The Bertz CT molecular complexity index is 596. The molecule has 0 fully saturated rings. The minimum absolute atomic E-state index is 0.0330. The van der Waals surface area contributed by atoms with Crippen LogP contribution in [-0.4, -0.2) is 18.6 Å². The van der Waals surface area contributed by atoms with Crippen molar-refractivity contribution in [1.82, 2.24) is 14.9 Å². The van der Waals surface area contributed by atoms with E-state index in [4.69, 9.17) is 0 Å². The lowest BCUT2D eigenvalue weighted by atomic mass is 10.2. The maximum absolute atomic E-state index is 12.9. The SMILES string of the molecule is O=S(=O)(NCc1cccc(F)c1)c1cn[nH]c1. The summed E-state index contributed by atoms with van der Waals surface area (Å²) in [6.45, 7) is 0.0330. The zero-order chi connectivity index (χ0) is 12.3. The Morgan fingerprint density at radius 1 is 1.41 bits per heavy atom. The molecule has 5 nitrogen and oxygen atoms in total. The van der Waals surface area contributed by atoms with Crippen molar-refractivity contribution in [2.24, 2.45) is 0 Å². The van der Waals surface area contributed by atoms with E-state index < -0.39 is 15.8 Å². The molecule has 0 bridgehead atoms. The first-order valence-corrected chi connectivity index (χ1v) is 6.29. The highest BCUT2D eigenvalue weighted by Crippen LogP contribution is 2.07. The maximum Gasteiger partial charge on any atom is 0.243 e. The fourth-order valence-corrected chi connectivity index (χ4v) is 2.22. The first-order chi connectivity index (χ1) is 8.08. The van der Waals surface area contributed by atoms with Gasteiger partial charge in [-0.15, -0.1) is 0 Å². The van der Waals surface area contributed by atoms with Crippen LogP contribution in [0.2, 0.25) is 0 Å². The van der Waals surface area contributed by atoms with Crippen LogP contribution in [0, 0.1) is 5.82 Å². The Hall–Kier alpha value is -1.73. The third kappa shape index (κ3) is 2.89. The average Bonchev–Trinajstić information content (AvgIpc) is 2.81. The average molecular weight is 255 g/mol. The van der Waals surface area contributed by atoms with E-state index in [1.807, 2.05) is 0 Å². The molecule has 0 saturated heterocycles. The second-order valence-corrected chi connectivity index (χ2v) is 5.16. The Morgan fingerprint density at radius 2 is 2.24 bits per heavy atom. The molecule has 2 N–H and O–H groups in total. The molecule has 2 aromatic rings. The van der Waals surface area contributed by atoms with Crippen LogP contribution < -0.4 is 4.72 Å². The van der Waals surface area contributed by atoms with Gasteiger partial charge in [0.2, 0.25) is 10.0 Å². The summed E-state index contributed by atoms with van der Waals surface area (Å²) in [6, 6.07) is 5.74. The van der Waals surface area contributed by atoms with Crippen molar-refractivity contribution >= 4 is 10.0 Å². The van der Waals surface area contributed by atoms with Crippen molar-refractivity contribution in [3.63, 3.8) is 0 Å². The van der Waals surface area contributed by atoms with E-state index >= 15 is 0 Å². The number of rotatable bonds is 4. The lowest BCUT2D eigenvalue weighted by Crippen LogP contribution is -2.22. The van der Waals surface area contributed by atoms with E-state index in [-0.39, 0.29) is 11.4 Å². The molecule has 0 spiro atoms. The quantitative estimate of drug-likeness (QED) is 0.856. The summed E-state index contributed by atoms with van der Waals surface area (Å²) in [5.41, 5.74) is 0.553. The summed E-state index contributed by atoms with van der Waals surface area (Å²) in [5, 5.41) is 5.97. The number of nitrogens with one attached hydrogen (secondary N) is 2. The van der Waals surface area contributed by atoms with Crippen LogP contribution in [0.5, 0.6) is 0 Å². The van der Waals surface area contributed by atoms with Crippen molar-refractivity contribution in [3.05, 3.63) is 48.0 Å². The topological polar surface area (TPSA) is 74.8 Å². The van der Waals surface area contributed by atoms with Gasteiger partial charge in [0.25, 0.3) is 0 Å². The Kier molecular flexibility index (Phi) is 3.21. The maximum atomic E-state index is 12.9. The summed E-state index contributed by atoms with van der Waals surface area (Å²) >= 11 is 0. The highest BCUT2D eigenvalue weighted by Gasteiger charge is 2.14. The molecule has 0 saturated carbocycles. The lowest BCUT2D eigenvalue weighted by Gasteiger charge is -2.04. The van der Waals surface area contributed by atoms with Crippen LogP contribution >= 0.6 is 0 Å². The third-order valence-electron chi connectivity index (χ3n) is 2.14. The van der Waals surface area contributed by atoms with Gasteiger partial charge in [-0.1, -0.05) is 12.1 Å². The van der Waals surface area contributed by atoms with Crippen molar-refractivity contribution in [3.8, 4) is 0 Å². The molecule has 0 unspecified atom stereocenters. The molecule has 1 aromatic carbocycles. The van der Waals surface area contributed by atoms with Crippen LogP contribution in [-0.2, 0) is 16.6 Å². The summed E-state index contributed by atoms with van der Waals surface area (Å²) < 4.78 is 38.6. The van der Waals surface area contributed by atoms with E-state index in [0.29, 0.717) is 5.56 Å². The molecule has 0 atom stereocenters. The Morgan fingerprint density at radius 3 is 2.88 bits per heavy atom. The smallest absolute Gasteiger partial charge is 0.243 e. The summed E-state index contributed by atoms with van der Waals surface area (Å²) in [7, 11) is -3.59. The molecular formula is C10H10FN3O2S. The van der Waals surface area contributed by atoms with E-state index in [9.17, 15) is 12.8 Å². The molecular weight excluding hydrogens is 245 g/mol. The van der Waals surface area contributed by atoms with E-state index in [1.165, 1.54) is 30.6 Å². The minimum Gasteiger partial charge on any atom is -0.284 e. The number of aromatic nitrogens is 2. The number of hydrogen-bond donors (Lipinski definition) is 2. The number of sulfonamides is 1. The molecule has 0 aliphatic rings. The van der Waals surface area contributed by atoms with Crippen LogP contribution in [0.25, 0.3) is 0 Å². The van der Waals surface area contributed by atoms with Gasteiger partial charge >= 0.3 is 0 Å². The lowest BCUT2D eigenvalue weighted by molar-refractivity contribution is 0.580. The standard InChI is InChI=1S/C10H10FN3O2S/c11-9-3-1-2-8(4-9)5-14-17(15,16)10-6-12-13-7-10/h1-4,6-7,14H,5H2,(H,12,13). The van der Waals surface area contributed by atoms with Crippen molar-refractivity contribution in [2.75, 3.05) is 0 Å². The number of hydrogen-bond acceptors (Lipinski definition) is 3. The van der Waals surface area contributed by atoms with Gasteiger partial charge in [-0.25, -0.2) is 17.5 Å². The molecule has 0 radical (unpaired) electrons. The van der Waals surface area contributed by atoms with E-state index in [1.54, 1.807) is 6.07 Å². The van der Waals surface area contributed by atoms with Crippen molar-refractivity contribution < 1.29 is 12.8 Å². The minimum atomic E-state index is -3.59. The molecule has 0 aliphatic heterocycles. The normalized spacial score (nSPS) is 11.6. The van der Waals surface area contributed by atoms with E-state index in [2.05, 4.69) is 14.9 Å². The first-order valence-electron chi connectivity index (χ1n) is 4.81. The molecule has 0 aliphatic carbocycles. The predicted molar refractivity (Wildman–Crippen MR) is 59.0 cm³/mol. The summed E-state index contributed by atoms with van der Waals surface area (Å²) in [4.78, 5) is 0.0499. The van der Waals surface area contributed by atoms with Crippen molar-refractivity contribution in [2.45, 2.75) is 11.4 Å². The molecule has 17 heavy (non-hydrogen) atoms. The van der Waals surface area contributed by atoms with Gasteiger partial charge in [0.15, 0.2) is 0 Å². The molecule has 1 aromatic heterocycles. The van der Waals surface area contributed by atoms with Gasteiger partial charge in [-0.05, 0) is 17.7 Å². The van der Waals surface area contributed by atoms with Crippen molar-refractivity contribution in [1.29, 1.82) is 0 Å². The Labute approximate surface area is 97.7 Å². The van der Waals surface area contributed by atoms with Gasteiger partial charge in [-0.2, -0.15) is 5.10 Å². The molecule has 0 amide bonds. The second kappa shape index (κ2) is 4.64. The number of nitrogens with zero attached hydrogens (tertiary/aromatic N) is 1. The zero-order valence-corrected chi connectivity index (χ0v) is 9.54. The third-order valence-corrected chi connectivity index (χ3v) is 3.51. The predicted octanol–water partition coefficient (Wildman–Crippen LogP) is 1.03. The van der Waals surface area contributed by atoms with Crippen LogP contribution in [0.15, 0.2) is 41.6 Å². The largest absolute Gasteiger partial charge is 0.284 e. The molecule has 90 valence electrons. The second-order valence-electron chi connectivity index (χ2n) is 3.39. The van der Waals surface area contributed by atoms with Gasteiger partial charge in [0.05, 0.1) is 6.20 Å². The molecule has 1 heterocycles. The zero-order valence-electron chi connectivity index (χ0n) is 8.72. The number of halogens is 1. The number of benzene rings is 1. The fraction of sp³-hybridized carbons (Fsp3) is 0.100. The fourth-order valence-electron chi connectivity index (χ4n) is 1.29. The first kappa shape index (κ1) is 11.7. The highest BCUT2D eigenvalue weighted by atomic mass is 32.2. The molecule has 2 rings (SSSR count). The van der Waals surface area contributed by atoms with Crippen LogP contribution in [0.1, 0.15) is 5.56 Å². The number of aromatic amines is 1. The van der Waals surface area contributed by atoms with Crippen LogP contribution in [0.3, 0.4) is 0 Å². The summed E-state index contributed by atoms with van der Waals surface area (Å²) in [5.74, 6) is -0.398.